The van der Waals surface area contributed by atoms with Crippen molar-refractivity contribution in [3.63, 3.8) is 0 Å². The molecule has 0 saturated heterocycles. The molecule has 0 aromatic rings. The van der Waals surface area contributed by atoms with Crippen molar-refractivity contribution in [2.24, 2.45) is 5.41 Å². The van der Waals surface area contributed by atoms with Gasteiger partial charge in [-0.15, -0.1) is 0 Å². The summed E-state index contributed by atoms with van der Waals surface area (Å²) in [6.45, 7) is 5.69. The fourth-order valence-corrected chi connectivity index (χ4v) is 0.748. The molecule has 7 heteroatoms. The highest BCUT2D eigenvalue weighted by atomic mass is 19.4. The summed E-state index contributed by atoms with van der Waals surface area (Å²) in [5.41, 5.74) is -0.797. The molecule has 98 valence electrons. The Morgan fingerprint density at radius 3 is 1.31 bits per heavy atom. The Balaban J connectivity index is 4.85. The van der Waals surface area contributed by atoms with Crippen LogP contribution in [0.3, 0.4) is 0 Å². The van der Waals surface area contributed by atoms with E-state index in [1.807, 2.05) is 0 Å². The van der Waals surface area contributed by atoms with E-state index in [9.17, 15) is 26.3 Å². The largest absolute Gasteiger partial charge is 0.423 e. The van der Waals surface area contributed by atoms with Crippen LogP contribution in [0.1, 0.15) is 27.7 Å². The summed E-state index contributed by atoms with van der Waals surface area (Å²) in [6.07, 6.45) is -15.8. The van der Waals surface area contributed by atoms with E-state index in [1.54, 1.807) is 0 Å². The maximum atomic E-state index is 12.1. The van der Waals surface area contributed by atoms with Crippen LogP contribution in [0.5, 0.6) is 0 Å². The molecule has 0 aromatic carbocycles. The van der Waals surface area contributed by atoms with E-state index in [2.05, 4.69) is 4.74 Å². The van der Waals surface area contributed by atoms with Gasteiger partial charge in [0.15, 0.2) is 0 Å². The van der Waals surface area contributed by atoms with Crippen molar-refractivity contribution >= 4 is 0 Å². The second-order valence-corrected chi connectivity index (χ2v) is 4.61. The van der Waals surface area contributed by atoms with Crippen LogP contribution in [0.15, 0.2) is 0 Å². The first-order valence-corrected chi connectivity index (χ1v) is 4.55. The molecule has 16 heavy (non-hydrogen) atoms. The summed E-state index contributed by atoms with van der Waals surface area (Å²) >= 11 is 0. The molecule has 0 heterocycles. The first kappa shape index (κ1) is 15.5. The molecule has 0 fully saturated rings. The van der Waals surface area contributed by atoms with E-state index in [4.69, 9.17) is 0 Å². The number of hydrogen-bond acceptors (Lipinski definition) is 1. The van der Waals surface area contributed by atoms with E-state index in [-0.39, 0.29) is 0 Å². The lowest BCUT2D eigenvalue weighted by Crippen LogP contribution is -2.48. The van der Waals surface area contributed by atoms with E-state index >= 15 is 0 Å². The smallest absolute Gasteiger partial charge is 0.357 e. The first-order valence-electron chi connectivity index (χ1n) is 4.55. The number of alkyl halides is 6. The summed E-state index contributed by atoms with van der Waals surface area (Å²) in [5.74, 6) is 0. The Kier molecular flexibility index (Phi) is 4.30. The van der Waals surface area contributed by atoms with Crippen LogP contribution >= 0.6 is 0 Å². The average molecular weight is 252 g/mol. The Morgan fingerprint density at radius 1 is 0.812 bits per heavy atom. The van der Waals surface area contributed by atoms with Gasteiger partial charge in [-0.2, -0.15) is 26.3 Å². The summed E-state index contributed by atoms with van der Waals surface area (Å²) in [6, 6.07) is 0. The third kappa shape index (κ3) is 4.59. The van der Waals surface area contributed by atoms with Gasteiger partial charge in [0.25, 0.3) is 0 Å². The normalized spacial score (nSPS) is 16.7. The summed E-state index contributed by atoms with van der Waals surface area (Å²) in [5, 5.41) is 0. The zero-order chi connectivity index (χ0) is 13.4. The molecule has 1 atom stereocenters. The van der Waals surface area contributed by atoms with E-state index < -0.39 is 30.0 Å². The van der Waals surface area contributed by atoms with Crippen molar-refractivity contribution in [3.8, 4) is 0 Å². The second-order valence-electron chi connectivity index (χ2n) is 4.61. The zero-order valence-electron chi connectivity index (χ0n) is 9.33. The SMILES string of the molecule is CC(OC(C(F)(F)F)C(F)(F)F)C(C)(C)C. The Bertz CT molecular complexity index is 210. The summed E-state index contributed by atoms with van der Waals surface area (Å²) < 4.78 is 76.8. The molecule has 0 N–H and O–H groups in total. The van der Waals surface area contributed by atoms with Crippen LogP contribution in [0.2, 0.25) is 0 Å². The fraction of sp³-hybridized carbons (Fsp3) is 1.00. The van der Waals surface area contributed by atoms with Gasteiger partial charge in [-0.05, 0) is 12.3 Å². The molecule has 0 saturated carbocycles. The molecule has 0 amide bonds. The molecular formula is C9H14F6O. The zero-order valence-corrected chi connectivity index (χ0v) is 9.33. The maximum absolute atomic E-state index is 12.1. The van der Waals surface area contributed by atoms with Crippen molar-refractivity contribution < 1.29 is 31.1 Å². The highest BCUT2D eigenvalue weighted by Crippen LogP contribution is 2.38. The molecule has 0 aliphatic rings. The molecule has 1 nitrogen and oxygen atoms in total. The number of ether oxygens (including phenoxy) is 1. The van der Waals surface area contributed by atoms with Gasteiger partial charge in [-0.25, -0.2) is 0 Å². The molecule has 0 rings (SSSR count). The number of halogens is 6. The summed E-state index contributed by atoms with van der Waals surface area (Å²) in [7, 11) is 0. The number of rotatable bonds is 2. The summed E-state index contributed by atoms with van der Waals surface area (Å²) in [4.78, 5) is 0. The molecule has 0 aliphatic carbocycles. The highest BCUT2D eigenvalue weighted by molar-refractivity contribution is 4.80. The van der Waals surface area contributed by atoms with Crippen LogP contribution in [0.4, 0.5) is 26.3 Å². The molecule has 0 aliphatic heterocycles. The molecule has 0 radical (unpaired) electrons. The minimum atomic E-state index is -5.45. The van der Waals surface area contributed by atoms with Crippen LogP contribution < -0.4 is 0 Å². The van der Waals surface area contributed by atoms with Crippen molar-refractivity contribution in [1.29, 1.82) is 0 Å². The predicted octanol–water partition coefficient (Wildman–Crippen LogP) is 3.93. The standard InChI is InChI=1S/C9H14F6O/c1-5(7(2,3)4)16-6(8(10,11)12)9(13,14)15/h5-6H,1-4H3. The maximum Gasteiger partial charge on any atom is 0.423 e. The van der Waals surface area contributed by atoms with Gasteiger partial charge in [0.05, 0.1) is 6.10 Å². The number of hydrogen-bond donors (Lipinski definition) is 0. The van der Waals surface area contributed by atoms with Crippen LogP contribution in [0, 0.1) is 5.41 Å². The van der Waals surface area contributed by atoms with Gasteiger partial charge in [-0.1, -0.05) is 20.8 Å². The molecule has 0 spiro atoms. The lowest BCUT2D eigenvalue weighted by atomic mass is 9.90. The van der Waals surface area contributed by atoms with Crippen molar-refractivity contribution in [2.45, 2.75) is 52.3 Å². The van der Waals surface area contributed by atoms with Crippen molar-refractivity contribution in [1.82, 2.24) is 0 Å². The predicted molar refractivity (Wildman–Crippen MR) is 45.9 cm³/mol. The monoisotopic (exact) mass is 252 g/mol. The van der Waals surface area contributed by atoms with E-state index in [0.29, 0.717) is 0 Å². The van der Waals surface area contributed by atoms with Crippen LogP contribution in [-0.4, -0.2) is 24.6 Å². The topological polar surface area (TPSA) is 9.23 Å². The highest BCUT2D eigenvalue weighted by Gasteiger charge is 2.58. The lowest BCUT2D eigenvalue weighted by molar-refractivity contribution is -0.335. The van der Waals surface area contributed by atoms with Gasteiger partial charge in [0.2, 0.25) is 6.10 Å². The molecular weight excluding hydrogens is 238 g/mol. The first-order chi connectivity index (χ1) is 6.76. The molecule has 1 unspecified atom stereocenters. The van der Waals surface area contributed by atoms with Crippen molar-refractivity contribution in [3.05, 3.63) is 0 Å². The van der Waals surface area contributed by atoms with E-state index in [0.717, 1.165) is 0 Å². The average Bonchev–Trinajstić information content (AvgIpc) is 1.92. The van der Waals surface area contributed by atoms with Crippen LogP contribution in [0.25, 0.3) is 0 Å². The third-order valence-electron chi connectivity index (χ3n) is 2.15. The van der Waals surface area contributed by atoms with Gasteiger partial charge in [-0.3, -0.25) is 0 Å². The van der Waals surface area contributed by atoms with Crippen molar-refractivity contribution in [2.75, 3.05) is 0 Å². The van der Waals surface area contributed by atoms with Gasteiger partial charge >= 0.3 is 12.4 Å². The minimum absolute atomic E-state index is 0.797. The lowest BCUT2D eigenvalue weighted by Gasteiger charge is -2.32. The molecule has 0 aromatic heterocycles. The fourth-order valence-electron chi connectivity index (χ4n) is 0.748. The third-order valence-corrected chi connectivity index (χ3v) is 2.15. The molecule has 0 bridgehead atoms. The Hall–Kier alpha value is -0.460. The van der Waals surface area contributed by atoms with Gasteiger partial charge in [0.1, 0.15) is 0 Å². The Morgan fingerprint density at radius 2 is 1.12 bits per heavy atom. The Labute approximate surface area is 89.8 Å². The van der Waals surface area contributed by atoms with E-state index in [1.165, 1.54) is 27.7 Å². The quantitative estimate of drug-likeness (QED) is 0.676. The van der Waals surface area contributed by atoms with Gasteiger partial charge < -0.3 is 4.74 Å². The van der Waals surface area contributed by atoms with Gasteiger partial charge in [0, 0.05) is 0 Å². The van der Waals surface area contributed by atoms with Crippen LogP contribution in [-0.2, 0) is 4.74 Å². The second kappa shape index (κ2) is 4.43. The minimum Gasteiger partial charge on any atom is -0.357 e.